The molecule has 0 saturated heterocycles. The average molecular weight is 248 g/mol. The molecule has 0 aliphatic rings. The van der Waals surface area contributed by atoms with Gasteiger partial charge in [-0.15, -0.1) is 23.3 Å². The van der Waals surface area contributed by atoms with E-state index in [2.05, 4.69) is 49.9 Å². The maximum absolute atomic E-state index is 3.40. The summed E-state index contributed by atoms with van der Waals surface area (Å²) in [7, 11) is -1.14. The zero-order chi connectivity index (χ0) is 13.0. The third-order valence-electron chi connectivity index (χ3n) is 2.35. The molecule has 0 nitrogen and oxygen atoms in total. The van der Waals surface area contributed by atoms with Crippen LogP contribution in [0.2, 0.25) is 19.6 Å². The molecule has 0 aromatic rings. The van der Waals surface area contributed by atoms with Crippen LogP contribution in [0.25, 0.3) is 0 Å². The van der Waals surface area contributed by atoms with Crippen molar-refractivity contribution in [3.8, 4) is 23.3 Å². The summed E-state index contributed by atoms with van der Waals surface area (Å²) in [5.41, 5.74) is 3.40. The number of hydrogen-bond acceptors (Lipinski definition) is 0. The van der Waals surface area contributed by atoms with Gasteiger partial charge in [-0.1, -0.05) is 39.4 Å². The normalized spacial score (nSPS) is 10.1. The molecule has 96 valence electrons. The van der Waals surface area contributed by atoms with Crippen molar-refractivity contribution < 1.29 is 0 Å². The quantitative estimate of drug-likeness (QED) is 0.352. The molecule has 0 rings (SSSR count). The van der Waals surface area contributed by atoms with Gasteiger partial charge in [0.1, 0.15) is 8.07 Å². The Morgan fingerprint density at radius 2 is 1.18 bits per heavy atom. The zero-order valence-electron chi connectivity index (χ0n) is 12.2. The van der Waals surface area contributed by atoms with Crippen molar-refractivity contribution in [2.75, 3.05) is 0 Å². The van der Waals surface area contributed by atoms with E-state index in [4.69, 9.17) is 0 Å². The Balaban J connectivity index is 3.37. The van der Waals surface area contributed by atoms with Crippen LogP contribution >= 0.6 is 0 Å². The SMILES string of the molecule is CCCCCC#CCCCCC#C[Si](C)(C)C. The van der Waals surface area contributed by atoms with E-state index in [-0.39, 0.29) is 0 Å². The fourth-order valence-electron chi connectivity index (χ4n) is 1.39. The van der Waals surface area contributed by atoms with Crippen molar-refractivity contribution in [2.24, 2.45) is 0 Å². The average Bonchev–Trinajstić information content (AvgIpc) is 2.24. The van der Waals surface area contributed by atoms with Crippen molar-refractivity contribution in [1.29, 1.82) is 0 Å². The van der Waals surface area contributed by atoms with Gasteiger partial charge in [-0.25, -0.2) is 0 Å². The molecule has 0 aromatic carbocycles. The molecular weight excluding hydrogens is 220 g/mol. The second kappa shape index (κ2) is 10.5. The first-order valence-electron chi connectivity index (χ1n) is 7.02. The fraction of sp³-hybridized carbons (Fsp3) is 0.750. The van der Waals surface area contributed by atoms with Crippen LogP contribution in [0.3, 0.4) is 0 Å². The molecule has 0 unspecified atom stereocenters. The Hall–Kier alpha value is -0.663. The third-order valence-corrected chi connectivity index (χ3v) is 3.27. The molecule has 0 spiro atoms. The predicted octanol–water partition coefficient (Wildman–Crippen LogP) is 5.01. The maximum atomic E-state index is 3.40. The van der Waals surface area contributed by atoms with E-state index in [1.165, 1.54) is 32.1 Å². The second-order valence-corrected chi connectivity index (χ2v) is 10.3. The second-order valence-electron chi connectivity index (χ2n) is 5.57. The first-order chi connectivity index (χ1) is 8.06. The standard InChI is InChI=1S/C16H28Si/c1-5-6-7-8-9-10-11-12-13-14-15-16-17(2,3)4/h5-8,11-14H2,1-4H3. The summed E-state index contributed by atoms with van der Waals surface area (Å²) in [6.07, 6.45) is 9.50. The Morgan fingerprint density at radius 1 is 0.706 bits per heavy atom. The van der Waals surface area contributed by atoms with Crippen LogP contribution in [0.5, 0.6) is 0 Å². The highest BCUT2D eigenvalue weighted by atomic mass is 28.3. The molecule has 0 amide bonds. The van der Waals surface area contributed by atoms with E-state index < -0.39 is 8.07 Å². The molecule has 0 fully saturated rings. The Morgan fingerprint density at radius 3 is 1.65 bits per heavy atom. The summed E-state index contributed by atoms with van der Waals surface area (Å²) in [6, 6.07) is 0. The lowest BCUT2D eigenvalue weighted by Crippen LogP contribution is -2.16. The van der Waals surface area contributed by atoms with Crippen LogP contribution in [-0.4, -0.2) is 8.07 Å². The van der Waals surface area contributed by atoms with E-state index in [1.807, 2.05) is 0 Å². The van der Waals surface area contributed by atoms with Crippen LogP contribution in [-0.2, 0) is 0 Å². The summed E-state index contributed by atoms with van der Waals surface area (Å²) in [5, 5.41) is 0. The molecule has 0 saturated carbocycles. The topological polar surface area (TPSA) is 0 Å². The van der Waals surface area contributed by atoms with Gasteiger partial charge >= 0.3 is 0 Å². The summed E-state index contributed by atoms with van der Waals surface area (Å²) >= 11 is 0. The highest BCUT2D eigenvalue weighted by Gasteiger charge is 2.06. The Labute approximate surface area is 110 Å². The van der Waals surface area contributed by atoms with Gasteiger partial charge in [0.05, 0.1) is 0 Å². The lowest BCUT2D eigenvalue weighted by Gasteiger charge is -2.02. The minimum absolute atomic E-state index is 1.06. The summed E-state index contributed by atoms with van der Waals surface area (Å²) in [6.45, 7) is 9.11. The molecule has 1 heteroatoms. The highest BCUT2D eigenvalue weighted by molar-refractivity contribution is 6.83. The first kappa shape index (κ1) is 16.3. The molecule has 0 atom stereocenters. The predicted molar refractivity (Wildman–Crippen MR) is 81.5 cm³/mol. The van der Waals surface area contributed by atoms with Crippen LogP contribution in [0.4, 0.5) is 0 Å². The van der Waals surface area contributed by atoms with Gasteiger partial charge in [-0.3, -0.25) is 0 Å². The number of hydrogen-bond donors (Lipinski definition) is 0. The highest BCUT2D eigenvalue weighted by Crippen LogP contribution is 2.01. The molecule has 17 heavy (non-hydrogen) atoms. The fourth-order valence-corrected chi connectivity index (χ4v) is 2.05. The first-order valence-corrected chi connectivity index (χ1v) is 10.5. The third kappa shape index (κ3) is 15.3. The minimum Gasteiger partial charge on any atom is -0.132 e. The van der Waals surface area contributed by atoms with E-state index in [0.717, 1.165) is 19.3 Å². The minimum atomic E-state index is -1.14. The molecule has 0 aromatic heterocycles. The summed E-state index contributed by atoms with van der Waals surface area (Å²) in [5.74, 6) is 9.83. The van der Waals surface area contributed by atoms with Crippen molar-refractivity contribution in [1.82, 2.24) is 0 Å². The molecule has 0 bridgehead atoms. The lowest BCUT2D eigenvalue weighted by molar-refractivity contribution is 0.735. The van der Waals surface area contributed by atoms with Crippen LogP contribution in [0.15, 0.2) is 0 Å². The van der Waals surface area contributed by atoms with Gasteiger partial charge in [0.2, 0.25) is 0 Å². The van der Waals surface area contributed by atoms with Crippen molar-refractivity contribution in [3.63, 3.8) is 0 Å². The van der Waals surface area contributed by atoms with Crippen LogP contribution in [0, 0.1) is 23.3 Å². The van der Waals surface area contributed by atoms with Gasteiger partial charge in [0.25, 0.3) is 0 Å². The van der Waals surface area contributed by atoms with E-state index in [0.29, 0.717) is 0 Å². The van der Waals surface area contributed by atoms with Gasteiger partial charge in [0.15, 0.2) is 0 Å². The van der Waals surface area contributed by atoms with Crippen LogP contribution in [0.1, 0.15) is 58.3 Å². The number of rotatable bonds is 6. The van der Waals surface area contributed by atoms with Crippen molar-refractivity contribution in [3.05, 3.63) is 0 Å². The van der Waals surface area contributed by atoms with E-state index in [1.54, 1.807) is 0 Å². The molecular formula is C16H28Si. The molecule has 0 N–H and O–H groups in total. The Kier molecular flexibility index (Phi) is 10.1. The van der Waals surface area contributed by atoms with E-state index >= 15 is 0 Å². The molecule has 0 aliphatic carbocycles. The van der Waals surface area contributed by atoms with Gasteiger partial charge in [-0.2, -0.15) is 0 Å². The van der Waals surface area contributed by atoms with Crippen molar-refractivity contribution in [2.45, 2.75) is 77.9 Å². The van der Waals surface area contributed by atoms with Gasteiger partial charge in [0, 0.05) is 19.3 Å². The maximum Gasteiger partial charge on any atom is 0.129 e. The van der Waals surface area contributed by atoms with Gasteiger partial charge in [-0.05, 0) is 19.3 Å². The van der Waals surface area contributed by atoms with Gasteiger partial charge < -0.3 is 0 Å². The monoisotopic (exact) mass is 248 g/mol. The van der Waals surface area contributed by atoms with Crippen molar-refractivity contribution >= 4 is 8.07 Å². The summed E-state index contributed by atoms with van der Waals surface area (Å²) in [4.78, 5) is 0. The Bertz CT molecular complexity index is 287. The smallest absolute Gasteiger partial charge is 0.129 e. The molecule has 0 radical (unpaired) electrons. The molecule has 0 aliphatic heterocycles. The lowest BCUT2D eigenvalue weighted by atomic mass is 10.2. The largest absolute Gasteiger partial charge is 0.132 e. The number of unbranched alkanes of at least 4 members (excludes halogenated alkanes) is 6. The zero-order valence-corrected chi connectivity index (χ0v) is 13.2. The summed E-state index contributed by atoms with van der Waals surface area (Å²) < 4.78 is 0. The van der Waals surface area contributed by atoms with E-state index in [9.17, 15) is 0 Å². The van der Waals surface area contributed by atoms with Crippen LogP contribution < -0.4 is 0 Å². The molecule has 0 heterocycles.